The third-order valence-corrected chi connectivity index (χ3v) is 7.38. The largest absolute Gasteiger partial charge is 0.333 e. The molecule has 0 unspecified atom stereocenters. The number of carbonyl (C=O) groups excluding carboxylic acids is 2. The van der Waals surface area contributed by atoms with Crippen LogP contribution in [0.3, 0.4) is 0 Å². The maximum Gasteiger partial charge on any atom is 0.270 e. The average molecular weight is 446 g/mol. The lowest BCUT2D eigenvalue weighted by molar-refractivity contribution is -0.134. The van der Waals surface area contributed by atoms with E-state index in [1.807, 2.05) is 6.92 Å². The summed E-state index contributed by atoms with van der Waals surface area (Å²) >= 11 is 12.0. The minimum atomic E-state index is -3.16. The molecule has 3 rings (SSSR count). The predicted molar refractivity (Wildman–Crippen MR) is 108 cm³/mol. The molecule has 1 aromatic carbocycles. The van der Waals surface area contributed by atoms with Crippen LogP contribution in [0.1, 0.15) is 31.7 Å². The molecule has 1 fully saturated rings. The van der Waals surface area contributed by atoms with E-state index in [0.29, 0.717) is 29.6 Å². The number of hydrogen-bond donors (Lipinski definition) is 0. The fourth-order valence-electron chi connectivity index (χ4n) is 3.35. The molecule has 28 heavy (non-hydrogen) atoms. The van der Waals surface area contributed by atoms with Crippen LogP contribution in [0.4, 0.5) is 0 Å². The molecule has 0 radical (unpaired) electrons. The van der Waals surface area contributed by atoms with Crippen LogP contribution in [0, 0.1) is 0 Å². The minimum absolute atomic E-state index is 0.0403. The number of rotatable bonds is 5. The number of benzene rings is 1. The molecule has 2 aliphatic rings. The topological polar surface area (TPSA) is 87.1 Å². The Labute approximate surface area is 174 Å². The quantitative estimate of drug-likeness (QED) is 0.696. The van der Waals surface area contributed by atoms with Gasteiger partial charge in [0.25, 0.3) is 5.91 Å². The highest BCUT2D eigenvalue weighted by Gasteiger charge is 2.37. The average Bonchev–Trinajstić information content (AvgIpc) is 3.02. The molecule has 0 aliphatic carbocycles. The molecule has 0 aromatic heterocycles. The highest BCUT2D eigenvalue weighted by molar-refractivity contribution is 7.91. The zero-order valence-electron chi connectivity index (χ0n) is 15.4. The zero-order chi connectivity index (χ0) is 20.5. The van der Waals surface area contributed by atoms with Crippen LogP contribution in [-0.4, -0.2) is 59.9 Å². The van der Waals surface area contributed by atoms with Gasteiger partial charge in [0, 0.05) is 25.9 Å². The fourth-order valence-corrected chi connectivity index (χ4v) is 5.36. The number of nitrogens with zero attached hydrogens (tertiary/aromatic N) is 3. The molecule has 0 N–H and O–H groups in total. The first-order valence-electron chi connectivity index (χ1n) is 9.03. The van der Waals surface area contributed by atoms with E-state index in [9.17, 15) is 18.0 Å². The van der Waals surface area contributed by atoms with Crippen LogP contribution in [-0.2, 0) is 26.0 Å². The van der Waals surface area contributed by atoms with Gasteiger partial charge in [0.1, 0.15) is 5.71 Å². The monoisotopic (exact) mass is 445 g/mol. The Morgan fingerprint density at radius 2 is 2.04 bits per heavy atom. The second-order valence-corrected chi connectivity index (χ2v) is 9.95. The second kappa shape index (κ2) is 8.39. The molecule has 1 aromatic rings. The zero-order valence-corrected chi connectivity index (χ0v) is 17.7. The maximum absolute atomic E-state index is 13.0. The first kappa shape index (κ1) is 21.1. The van der Waals surface area contributed by atoms with Crippen molar-refractivity contribution in [3.63, 3.8) is 0 Å². The number of amides is 2. The molecule has 0 saturated carbocycles. The van der Waals surface area contributed by atoms with E-state index in [4.69, 9.17) is 23.2 Å². The van der Waals surface area contributed by atoms with E-state index in [-0.39, 0.29) is 41.9 Å². The number of halogens is 2. The van der Waals surface area contributed by atoms with Crippen molar-refractivity contribution in [3.05, 3.63) is 33.8 Å². The summed E-state index contributed by atoms with van der Waals surface area (Å²) in [5, 5.41) is 6.31. The summed E-state index contributed by atoms with van der Waals surface area (Å²) in [6.07, 6.45) is 0.733. The molecule has 152 valence electrons. The molecule has 2 heterocycles. The maximum atomic E-state index is 13.0. The Bertz CT molecular complexity index is 933. The lowest BCUT2D eigenvalue weighted by Crippen LogP contribution is -2.44. The molecule has 1 atom stereocenters. The van der Waals surface area contributed by atoms with Gasteiger partial charge in [0.05, 0.1) is 27.6 Å². The standard InChI is InChI=1S/C18H21Cl2N3O4S/c1-2-22(10-12-3-4-14(19)15(20)9-12)18(25)16-5-6-17(24)23(21-16)13-7-8-28(26,27)11-13/h3-4,9,13H,2,5-8,10-11H2,1H3/t13-/m1/s1. The van der Waals surface area contributed by atoms with Crippen LogP contribution in [0.2, 0.25) is 10.0 Å². The number of hydrogen-bond acceptors (Lipinski definition) is 5. The van der Waals surface area contributed by atoms with Crippen molar-refractivity contribution in [1.29, 1.82) is 0 Å². The van der Waals surface area contributed by atoms with Crippen molar-refractivity contribution in [2.24, 2.45) is 5.10 Å². The van der Waals surface area contributed by atoms with E-state index in [0.717, 1.165) is 5.56 Å². The smallest absolute Gasteiger partial charge is 0.270 e. The molecule has 0 bridgehead atoms. The lowest BCUT2D eigenvalue weighted by Gasteiger charge is -2.29. The van der Waals surface area contributed by atoms with Gasteiger partial charge in [-0.1, -0.05) is 29.3 Å². The fraction of sp³-hybridized carbons (Fsp3) is 0.500. The van der Waals surface area contributed by atoms with Crippen molar-refractivity contribution in [3.8, 4) is 0 Å². The molecule has 10 heteroatoms. The van der Waals surface area contributed by atoms with E-state index in [1.165, 1.54) is 5.01 Å². The van der Waals surface area contributed by atoms with Crippen LogP contribution in [0.5, 0.6) is 0 Å². The number of hydrazone groups is 1. The highest BCUT2D eigenvalue weighted by atomic mass is 35.5. The van der Waals surface area contributed by atoms with E-state index in [1.54, 1.807) is 23.1 Å². The Morgan fingerprint density at radius 3 is 2.64 bits per heavy atom. The molecule has 7 nitrogen and oxygen atoms in total. The Hall–Kier alpha value is -1.64. The third-order valence-electron chi connectivity index (χ3n) is 4.89. The summed E-state index contributed by atoms with van der Waals surface area (Å²) in [5.41, 5.74) is 1.10. The lowest BCUT2D eigenvalue weighted by atomic mass is 10.1. The second-order valence-electron chi connectivity index (χ2n) is 6.91. The van der Waals surface area contributed by atoms with Gasteiger partial charge in [-0.3, -0.25) is 9.59 Å². The molecule has 1 saturated heterocycles. The van der Waals surface area contributed by atoms with Gasteiger partial charge in [-0.2, -0.15) is 5.10 Å². The van der Waals surface area contributed by atoms with Crippen molar-refractivity contribution in [2.45, 2.75) is 38.8 Å². The molecular formula is C18H21Cl2N3O4S. The number of sulfone groups is 1. The minimum Gasteiger partial charge on any atom is -0.333 e. The highest BCUT2D eigenvalue weighted by Crippen LogP contribution is 2.25. The van der Waals surface area contributed by atoms with Crippen LogP contribution in [0.25, 0.3) is 0 Å². The molecule has 0 spiro atoms. The van der Waals surface area contributed by atoms with Gasteiger partial charge in [-0.15, -0.1) is 0 Å². The van der Waals surface area contributed by atoms with Gasteiger partial charge in [-0.05, 0) is 31.0 Å². The Kier molecular flexibility index (Phi) is 6.31. The van der Waals surface area contributed by atoms with Gasteiger partial charge < -0.3 is 4.90 Å². The van der Waals surface area contributed by atoms with E-state index < -0.39 is 15.9 Å². The molecule has 2 amide bonds. The van der Waals surface area contributed by atoms with Crippen molar-refractivity contribution < 1.29 is 18.0 Å². The first-order chi connectivity index (χ1) is 13.2. The Balaban J connectivity index is 1.77. The summed E-state index contributed by atoms with van der Waals surface area (Å²) in [5.74, 6) is -0.582. The summed E-state index contributed by atoms with van der Waals surface area (Å²) in [6, 6.07) is 4.69. The molecular weight excluding hydrogens is 425 g/mol. The van der Waals surface area contributed by atoms with Crippen LogP contribution in [0.15, 0.2) is 23.3 Å². The summed E-state index contributed by atoms with van der Waals surface area (Å²) < 4.78 is 23.5. The van der Waals surface area contributed by atoms with Gasteiger partial charge in [0.15, 0.2) is 9.84 Å². The van der Waals surface area contributed by atoms with Gasteiger partial charge in [-0.25, -0.2) is 13.4 Å². The van der Waals surface area contributed by atoms with Crippen molar-refractivity contribution in [1.82, 2.24) is 9.91 Å². The summed E-state index contributed by atoms with van der Waals surface area (Å²) in [4.78, 5) is 26.8. The third kappa shape index (κ3) is 4.67. The summed E-state index contributed by atoms with van der Waals surface area (Å²) in [6.45, 7) is 2.63. The van der Waals surface area contributed by atoms with Crippen molar-refractivity contribution in [2.75, 3.05) is 18.1 Å². The van der Waals surface area contributed by atoms with Gasteiger partial charge in [0.2, 0.25) is 5.91 Å². The SMILES string of the molecule is CCN(Cc1ccc(Cl)c(Cl)c1)C(=O)C1=NN([C@@H]2CCS(=O)(=O)C2)C(=O)CC1. The first-order valence-corrected chi connectivity index (χ1v) is 11.6. The normalized spacial score (nSPS) is 21.5. The van der Waals surface area contributed by atoms with E-state index >= 15 is 0 Å². The van der Waals surface area contributed by atoms with Crippen molar-refractivity contribution >= 4 is 50.6 Å². The van der Waals surface area contributed by atoms with Crippen LogP contribution < -0.4 is 0 Å². The number of carbonyl (C=O) groups is 2. The molecule has 2 aliphatic heterocycles. The van der Waals surface area contributed by atoms with Crippen LogP contribution >= 0.6 is 23.2 Å². The van der Waals surface area contributed by atoms with E-state index in [2.05, 4.69) is 5.10 Å². The summed E-state index contributed by atoms with van der Waals surface area (Å²) in [7, 11) is -3.16. The Morgan fingerprint density at radius 1 is 1.29 bits per heavy atom. The van der Waals surface area contributed by atoms with Gasteiger partial charge >= 0.3 is 0 Å². The predicted octanol–water partition coefficient (Wildman–Crippen LogP) is 2.51.